The molecule has 0 unspecified atom stereocenters. The minimum atomic E-state index is -0.195. The highest BCUT2D eigenvalue weighted by Gasteiger charge is 2.10. The number of nitrogens with one attached hydrogen (secondary N) is 1. The van der Waals surface area contributed by atoms with Crippen LogP contribution < -0.4 is 10.3 Å². The molecule has 0 fully saturated rings. The molecule has 0 aliphatic heterocycles. The van der Waals surface area contributed by atoms with Crippen molar-refractivity contribution in [2.24, 2.45) is 0 Å². The third kappa shape index (κ3) is 3.77. The standard InChI is InChI=1S/C18H17N3O3S/c1-21(11-15-19-13-9-10-25-17(13)18(23)20-15)16(22)8-7-12-5-3-4-6-14(12)24-2/h3-10H,11H2,1-2H3,(H,19,20,23)/b8-7+. The molecule has 6 nitrogen and oxygen atoms in total. The van der Waals surface area contributed by atoms with E-state index in [-0.39, 0.29) is 18.0 Å². The zero-order chi connectivity index (χ0) is 17.8. The number of likely N-dealkylation sites (N-methyl/N-ethyl adjacent to an activating group) is 1. The van der Waals surface area contributed by atoms with Gasteiger partial charge >= 0.3 is 0 Å². The molecule has 0 bridgehead atoms. The molecule has 25 heavy (non-hydrogen) atoms. The number of benzene rings is 1. The van der Waals surface area contributed by atoms with Crippen molar-refractivity contribution in [3.8, 4) is 5.75 Å². The molecule has 1 aromatic carbocycles. The van der Waals surface area contributed by atoms with E-state index in [4.69, 9.17) is 4.74 Å². The van der Waals surface area contributed by atoms with Crippen LogP contribution in [0.5, 0.6) is 5.75 Å². The second kappa shape index (κ2) is 7.31. The fourth-order valence-electron chi connectivity index (χ4n) is 2.39. The first-order valence-corrected chi connectivity index (χ1v) is 8.49. The van der Waals surface area contributed by atoms with Gasteiger partial charge in [-0.2, -0.15) is 0 Å². The molecular formula is C18H17N3O3S. The van der Waals surface area contributed by atoms with Gasteiger partial charge in [-0.25, -0.2) is 4.98 Å². The number of hydrogen-bond acceptors (Lipinski definition) is 5. The summed E-state index contributed by atoms with van der Waals surface area (Å²) in [7, 11) is 3.25. The molecule has 128 valence electrons. The molecule has 7 heteroatoms. The van der Waals surface area contributed by atoms with Crippen molar-refractivity contribution in [3.05, 3.63) is 63.5 Å². The molecule has 0 radical (unpaired) electrons. The van der Waals surface area contributed by atoms with Crippen LogP contribution in [0.4, 0.5) is 0 Å². The number of ether oxygens (including phenoxy) is 1. The molecule has 0 saturated carbocycles. The second-order valence-electron chi connectivity index (χ2n) is 5.42. The first kappa shape index (κ1) is 16.9. The van der Waals surface area contributed by atoms with Crippen molar-refractivity contribution < 1.29 is 9.53 Å². The molecule has 0 atom stereocenters. The van der Waals surface area contributed by atoms with E-state index >= 15 is 0 Å². The van der Waals surface area contributed by atoms with Gasteiger partial charge in [-0.3, -0.25) is 9.59 Å². The summed E-state index contributed by atoms with van der Waals surface area (Å²) in [5, 5.41) is 1.82. The molecule has 0 aliphatic rings. The monoisotopic (exact) mass is 355 g/mol. The van der Waals surface area contributed by atoms with E-state index in [2.05, 4.69) is 9.97 Å². The van der Waals surface area contributed by atoms with Crippen molar-refractivity contribution in [1.82, 2.24) is 14.9 Å². The summed E-state index contributed by atoms with van der Waals surface area (Å²) >= 11 is 1.35. The molecule has 0 spiro atoms. The molecule has 2 heterocycles. The number of aromatic amines is 1. The van der Waals surface area contributed by atoms with Gasteiger partial charge in [-0.05, 0) is 23.6 Å². The summed E-state index contributed by atoms with van der Waals surface area (Å²) in [4.78, 5) is 32.9. The fourth-order valence-corrected chi connectivity index (χ4v) is 3.12. The van der Waals surface area contributed by atoms with Crippen LogP contribution in [0.15, 0.2) is 46.6 Å². The van der Waals surface area contributed by atoms with E-state index in [0.717, 1.165) is 5.56 Å². The molecular weight excluding hydrogens is 338 g/mol. The average Bonchev–Trinajstić information content (AvgIpc) is 3.09. The van der Waals surface area contributed by atoms with Gasteiger partial charge in [0.2, 0.25) is 5.91 Å². The highest BCUT2D eigenvalue weighted by Crippen LogP contribution is 2.19. The minimum absolute atomic E-state index is 0.180. The normalized spacial score (nSPS) is 11.1. The van der Waals surface area contributed by atoms with Gasteiger partial charge in [0.25, 0.3) is 5.56 Å². The maximum Gasteiger partial charge on any atom is 0.268 e. The van der Waals surface area contributed by atoms with E-state index < -0.39 is 0 Å². The minimum Gasteiger partial charge on any atom is -0.496 e. The predicted octanol–water partition coefficient (Wildman–Crippen LogP) is 2.67. The van der Waals surface area contributed by atoms with E-state index in [0.29, 0.717) is 21.8 Å². The van der Waals surface area contributed by atoms with Crippen molar-refractivity contribution in [2.45, 2.75) is 6.54 Å². The smallest absolute Gasteiger partial charge is 0.268 e. The zero-order valence-electron chi connectivity index (χ0n) is 13.9. The summed E-state index contributed by atoms with van der Waals surface area (Å²) in [5.74, 6) is 0.958. The third-order valence-electron chi connectivity index (χ3n) is 3.67. The Bertz CT molecular complexity index is 990. The molecule has 1 amide bonds. The number of para-hydroxylation sites is 1. The van der Waals surface area contributed by atoms with Crippen LogP contribution in [-0.2, 0) is 11.3 Å². The van der Waals surface area contributed by atoms with Crippen molar-refractivity contribution >= 4 is 33.5 Å². The van der Waals surface area contributed by atoms with Crippen molar-refractivity contribution in [3.63, 3.8) is 0 Å². The van der Waals surface area contributed by atoms with E-state index in [9.17, 15) is 9.59 Å². The number of fused-ring (bicyclic) bond motifs is 1. The lowest BCUT2D eigenvalue weighted by Crippen LogP contribution is -2.26. The maximum atomic E-state index is 12.3. The SMILES string of the molecule is COc1ccccc1/C=C/C(=O)N(C)Cc1nc2ccsc2c(=O)[nH]1. The van der Waals surface area contributed by atoms with Crippen LogP contribution in [0, 0.1) is 0 Å². The molecule has 0 aliphatic carbocycles. The van der Waals surface area contributed by atoms with Gasteiger partial charge in [0.15, 0.2) is 0 Å². The van der Waals surface area contributed by atoms with Crippen LogP contribution in [0.1, 0.15) is 11.4 Å². The number of nitrogens with zero attached hydrogens (tertiary/aromatic N) is 2. The lowest BCUT2D eigenvalue weighted by Gasteiger charge is -2.14. The molecule has 0 saturated heterocycles. The molecule has 2 aromatic heterocycles. The summed E-state index contributed by atoms with van der Waals surface area (Å²) in [6.07, 6.45) is 3.18. The second-order valence-corrected chi connectivity index (χ2v) is 6.33. The average molecular weight is 355 g/mol. The zero-order valence-corrected chi connectivity index (χ0v) is 14.7. The fraction of sp³-hybridized carbons (Fsp3) is 0.167. The van der Waals surface area contributed by atoms with Gasteiger partial charge in [-0.15, -0.1) is 11.3 Å². The summed E-state index contributed by atoms with van der Waals surface area (Å²) in [6.45, 7) is 0.218. The summed E-state index contributed by atoms with van der Waals surface area (Å²) in [5.41, 5.74) is 1.28. The number of carbonyl (C=O) groups excluding carboxylic acids is 1. The van der Waals surface area contributed by atoms with Crippen LogP contribution in [-0.4, -0.2) is 34.9 Å². The summed E-state index contributed by atoms with van der Waals surface area (Å²) in [6, 6.07) is 9.24. The molecule has 3 rings (SSSR count). The largest absolute Gasteiger partial charge is 0.496 e. The highest BCUT2D eigenvalue weighted by atomic mass is 32.1. The van der Waals surface area contributed by atoms with Crippen LogP contribution in [0.3, 0.4) is 0 Å². The van der Waals surface area contributed by atoms with Crippen LogP contribution >= 0.6 is 11.3 Å². The Hall–Kier alpha value is -2.93. The number of thiophene rings is 1. The van der Waals surface area contributed by atoms with E-state index in [1.807, 2.05) is 29.6 Å². The molecule has 3 aromatic rings. The maximum absolute atomic E-state index is 12.3. The number of rotatable bonds is 5. The van der Waals surface area contributed by atoms with Crippen LogP contribution in [0.2, 0.25) is 0 Å². The third-order valence-corrected chi connectivity index (χ3v) is 4.57. The van der Waals surface area contributed by atoms with Gasteiger partial charge in [0.1, 0.15) is 16.3 Å². The number of carbonyl (C=O) groups is 1. The Morgan fingerprint density at radius 3 is 2.96 bits per heavy atom. The first-order valence-electron chi connectivity index (χ1n) is 7.61. The lowest BCUT2D eigenvalue weighted by atomic mass is 10.2. The van der Waals surface area contributed by atoms with Gasteiger partial charge in [0.05, 0.1) is 19.2 Å². The van der Waals surface area contributed by atoms with Gasteiger partial charge in [0, 0.05) is 18.7 Å². The number of H-pyrrole nitrogens is 1. The number of aromatic nitrogens is 2. The van der Waals surface area contributed by atoms with Crippen molar-refractivity contribution in [1.29, 1.82) is 0 Å². The Kier molecular flexibility index (Phi) is 4.95. The number of hydrogen-bond donors (Lipinski definition) is 1. The van der Waals surface area contributed by atoms with E-state index in [1.54, 1.807) is 26.3 Å². The number of amides is 1. The Morgan fingerprint density at radius 2 is 2.16 bits per heavy atom. The van der Waals surface area contributed by atoms with Crippen molar-refractivity contribution in [2.75, 3.05) is 14.2 Å². The highest BCUT2D eigenvalue weighted by molar-refractivity contribution is 7.17. The number of methoxy groups -OCH3 is 1. The van der Waals surface area contributed by atoms with E-state index in [1.165, 1.54) is 22.3 Å². The first-order chi connectivity index (χ1) is 12.1. The van der Waals surface area contributed by atoms with Gasteiger partial charge < -0.3 is 14.6 Å². The lowest BCUT2D eigenvalue weighted by molar-refractivity contribution is -0.125. The Labute approximate surface area is 148 Å². The summed E-state index contributed by atoms with van der Waals surface area (Å²) < 4.78 is 5.85. The predicted molar refractivity (Wildman–Crippen MR) is 98.7 cm³/mol. The van der Waals surface area contributed by atoms with Crippen LogP contribution in [0.25, 0.3) is 16.3 Å². The topological polar surface area (TPSA) is 75.3 Å². The Balaban J connectivity index is 1.73. The Morgan fingerprint density at radius 1 is 1.36 bits per heavy atom. The van der Waals surface area contributed by atoms with Gasteiger partial charge in [-0.1, -0.05) is 18.2 Å². The quantitative estimate of drug-likeness (QED) is 0.714. The molecule has 1 N–H and O–H groups in total.